The highest BCUT2D eigenvalue weighted by atomic mass is 32.2. The Kier molecular flexibility index (Phi) is 8.51. The van der Waals surface area contributed by atoms with Crippen LogP contribution in [0.25, 0.3) is 0 Å². The maximum absolute atomic E-state index is 13.1. The molecule has 0 aliphatic heterocycles. The standard InChI is InChI=1S/C24H25N3O4S2/c1-26(2)24-20(23(31)27(16-28)12-13-32-19-6-4-3-5-7-19)14-21(33-24)22(30)25-15-17-8-10-18(29)11-9-17/h3-11,14,16,29H,12-13,15H2,1-2H3,(H,25,30). The molecule has 3 amide bonds. The average Bonchev–Trinajstić information content (AvgIpc) is 3.28. The van der Waals surface area contributed by atoms with Crippen molar-refractivity contribution in [3.8, 4) is 5.75 Å². The summed E-state index contributed by atoms with van der Waals surface area (Å²) in [5, 5.41) is 12.8. The molecule has 3 aromatic rings. The lowest BCUT2D eigenvalue weighted by Gasteiger charge is -2.17. The molecular formula is C24H25N3O4S2. The Hall–Kier alpha value is -3.30. The van der Waals surface area contributed by atoms with Crippen molar-refractivity contribution >= 4 is 46.3 Å². The zero-order chi connectivity index (χ0) is 23.8. The maximum atomic E-state index is 13.1. The van der Waals surface area contributed by atoms with Crippen molar-refractivity contribution in [3.63, 3.8) is 0 Å². The van der Waals surface area contributed by atoms with E-state index in [1.165, 1.54) is 17.4 Å². The van der Waals surface area contributed by atoms with E-state index in [0.717, 1.165) is 15.4 Å². The minimum absolute atomic E-state index is 0.156. The van der Waals surface area contributed by atoms with Gasteiger partial charge in [-0.3, -0.25) is 19.3 Å². The second kappa shape index (κ2) is 11.5. The van der Waals surface area contributed by atoms with Crippen molar-refractivity contribution in [3.05, 3.63) is 76.7 Å². The first-order valence-corrected chi connectivity index (χ1v) is 12.0. The van der Waals surface area contributed by atoms with Gasteiger partial charge in [-0.25, -0.2) is 0 Å². The van der Waals surface area contributed by atoms with Gasteiger partial charge in [-0.05, 0) is 35.9 Å². The lowest BCUT2D eigenvalue weighted by molar-refractivity contribution is -0.115. The van der Waals surface area contributed by atoms with Gasteiger partial charge in [0.15, 0.2) is 0 Å². The normalized spacial score (nSPS) is 10.5. The molecule has 1 aromatic heterocycles. The number of imide groups is 1. The van der Waals surface area contributed by atoms with Crippen LogP contribution in [0.4, 0.5) is 5.00 Å². The third kappa shape index (κ3) is 6.59. The van der Waals surface area contributed by atoms with E-state index in [0.29, 0.717) is 27.6 Å². The molecule has 0 unspecified atom stereocenters. The number of nitrogens with one attached hydrogen (secondary N) is 1. The Balaban J connectivity index is 1.68. The van der Waals surface area contributed by atoms with Gasteiger partial charge < -0.3 is 15.3 Å². The van der Waals surface area contributed by atoms with Crippen LogP contribution in [-0.4, -0.2) is 54.6 Å². The zero-order valence-electron chi connectivity index (χ0n) is 18.4. The fraction of sp³-hybridized carbons (Fsp3) is 0.208. The number of carbonyl (C=O) groups excluding carboxylic acids is 3. The summed E-state index contributed by atoms with van der Waals surface area (Å²) in [6.07, 6.45) is 0.537. The lowest BCUT2D eigenvalue weighted by Crippen LogP contribution is -2.32. The minimum atomic E-state index is -0.434. The molecule has 2 aromatic carbocycles. The van der Waals surface area contributed by atoms with Gasteiger partial charge in [-0.2, -0.15) is 0 Å². The number of thioether (sulfide) groups is 1. The third-order valence-corrected chi connectivity index (χ3v) is 6.99. The summed E-state index contributed by atoms with van der Waals surface area (Å²) in [4.78, 5) is 41.8. The van der Waals surface area contributed by atoms with Crippen LogP contribution < -0.4 is 10.2 Å². The van der Waals surface area contributed by atoms with Crippen LogP contribution in [0.15, 0.2) is 65.6 Å². The first kappa shape index (κ1) is 24.3. The SMILES string of the molecule is CN(C)c1sc(C(=O)NCc2ccc(O)cc2)cc1C(=O)N(C=O)CCSc1ccccc1. The molecule has 0 spiro atoms. The summed E-state index contributed by atoms with van der Waals surface area (Å²) in [6.45, 7) is 0.543. The number of rotatable bonds is 10. The predicted molar refractivity (Wildman–Crippen MR) is 132 cm³/mol. The van der Waals surface area contributed by atoms with Crippen LogP contribution in [0.2, 0.25) is 0 Å². The van der Waals surface area contributed by atoms with Gasteiger partial charge in [0.2, 0.25) is 6.41 Å². The molecule has 0 fully saturated rings. The van der Waals surface area contributed by atoms with Crippen LogP contribution in [-0.2, 0) is 11.3 Å². The predicted octanol–water partition coefficient (Wildman–Crippen LogP) is 3.84. The zero-order valence-corrected chi connectivity index (χ0v) is 20.0. The summed E-state index contributed by atoms with van der Waals surface area (Å²) in [7, 11) is 3.58. The van der Waals surface area contributed by atoms with E-state index in [9.17, 15) is 19.5 Å². The quantitative estimate of drug-likeness (QED) is 0.336. The van der Waals surface area contributed by atoms with E-state index < -0.39 is 5.91 Å². The van der Waals surface area contributed by atoms with E-state index in [1.807, 2.05) is 30.3 Å². The highest BCUT2D eigenvalue weighted by Gasteiger charge is 2.24. The van der Waals surface area contributed by atoms with Crippen LogP contribution in [0.1, 0.15) is 25.6 Å². The van der Waals surface area contributed by atoms with Crippen LogP contribution in [0.3, 0.4) is 0 Å². The van der Waals surface area contributed by atoms with E-state index in [2.05, 4.69) is 5.32 Å². The van der Waals surface area contributed by atoms with Gasteiger partial charge in [0.25, 0.3) is 11.8 Å². The van der Waals surface area contributed by atoms with E-state index in [-0.39, 0.29) is 24.7 Å². The molecule has 0 bridgehead atoms. The number of thiophene rings is 1. The summed E-state index contributed by atoms with van der Waals surface area (Å²) < 4.78 is 0. The Morgan fingerprint density at radius 2 is 1.79 bits per heavy atom. The molecule has 33 heavy (non-hydrogen) atoms. The van der Waals surface area contributed by atoms with Crippen LogP contribution in [0, 0.1) is 0 Å². The smallest absolute Gasteiger partial charge is 0.263 e. The number of aromatic hydroxyl groups is 1. The molecule has 0 atom stereocenters. The number of amides is 3. The molecule has 0 aliphatic rings. The minimum Gasteiger partial charge on any atom is -0.508 e. The summed E-state index contributed by atoms with van der Waals surface area (Å²) >= 11 is 2.76. The van der Waals surface area contributed by atoms with Crippen molar-refractivity contribution < 1.29 is 19.5 Å². The number of hydrogen-bond donors (Lipinski definition) is 2. The number of nitrogens with zero attached hydrogens (tertiary/aromatic N) is 2. The Bertz CT molecular complexity index is 1100. The molecular weight excluding hydrogens is 458 g/mol. The fourth-order valence-corrected chi connectivity index (χ4v) is 4.86. The van der Waals surface area contributed by atoms with Gasteiger partial charge in [-0.15, -0.1) is 23.1 Å². The Morgan fingerprint density at radius 3 is 2.42 bits per heavy atom. The maximum Gasteiger partial charge on any atom is 0.263 e. The molecule has 3 rings (SSSR count). The molecule has 7 nitrogen and oxygen atoms in total. The van der Waals surface area contributed by atoms with Gasteiger partial charge in [-0.1, -0.05) is 30.3 Å². The Labute approximate surface area is 201 Å². The second-order valence-corrected chi connectivity index (χ2v) is 9.54. The molecule has 0 saturated heterocycles. The molecule has 2 N–H and O–H groups in total. The molecule has 0 saturated carbocycles. The van der Waals surface area contributed by atoms with Crippen molar-refractivity contribution in [2.24, 2.45) is 0 Å². The number of phenolic OH excluding ortho intramolecular Hbond substituents is 1. The van der Waals surface area contributed by atoms with Gasteiger partial charge >= 0.3 is 0 Å². The number of carbonyl (C=O) groups is 3. The van der Waals surface area contributed by atoms with Crippen molar-refractivity contribution in [2.75, 3.05) is 31.3 Å². The number of hydrogen-bond acceptors (Lipinski definition) is 7. The fourth-order valence-electron chi connectivity index (χ4n) is 3.00. The molecule has 0 aliphatic carbocycles. The third-order valence-electron chi connectivity index (χ3n) is 4.69. The molecule has 9 heteroatoms. The molecule has 0 radical (unpaired) electrons. The lowest BCUT2D eigenvalue weighted by atomic mass is 10.2. The van der Waals surface area contributed by atoms with Crippen molar-refractivity contribution in [1.29, 1.82) is 0 Å². The topological polar surface area (TPSA) is 90.0 Å². The highest BCUT2D eigenvalue weighted by Crippen LogP contribution is 2.31. The molecule has 1 heterocycles. The Morgan fingerprint density at radius 1 is 1.09 bits per heavy atom. The van der Waals surface area contributed by atoms with Crippen molar-refractivity contribution in [2.45, 2.75) is 11.4 Å². The van der Waals surface area contributed by atoms with Crippen molar-refractivity contribution in [1.82, 2.24) is 10.2 Å². The average molecular weight is 484 g/mol. The number of benzene rings is 2. The van der Waals surface area contributed by atoms with E-state index in [4.69, 9.17) is 0 Å². The summed E-state index contributed by atoms with van der Waals surface area (Å²) in [5.41, 5.74) is 1.15. The molecule has 172 valence electrons. The largest absolute Gasteiger partial charge is 0.508 e. The second-order valence-electron chi connectivity index (χ2n) is 7.34. The highest BCUT2D eigenvalue weighted by molar-refractivity contribution is 7.99. The van der Waals surface area contributed by atoms with Gasteiger partial charge in [0, 0.05) is 37.8 Å². The van der Waals surface area contributed by atoms with Gasteiger partial charge in [0.05, 0.1) is 10.4 Å². The monoisotopic (exact) mass is 483 g/mol. The first-order valence-electron chi connectivity index (χ1n) is 10.2. The van der Waals surface area contributed by atoms with E-state index in [1.54, 1.807) is 55.0 Å². The van der Waals surface area contributed by atoms with Crippen LogP contribution in [0.5, 0.6) is 5.75 Å². The number of phenols is 1. The van der Waals surface area contributed by atoms with Crippen LogP contribution >= 0.6 is 23.1 Å². The summed E-state index contributed by atoms with van der Waals surface area (Å²) in [5.74, 6) is -0.0247. The van der Waals surface area contributed by atoms with Gasteiger partial charge in [0.1, 0.15) is 10.8 Å². The first-order chi connectivity index (χ1) is 15.9. The summed E-state index contributed by atoms with van der Waals surface area (Å²) in [6, 6.07) is 17.8. The van der Waals surface area contributed by atoms with E-state index >= 15 is 0 Å². The number of anilines is 1.